The predicted molar refractivity (Wildman–Crippen MR) is 77.4 cm³/mol. The Morgan fingerprint density at radius 2 is 1.82 bits per heavy atom. The van der Waals surface area contributed by atoms with Crippen molar-refractivity contribution >= 4 is 29.2 Å². The van der Waals surface area contributed by atoms with Crippen LogP contribution in [0, 0.1) is 20.2 Å². The minimum atomic E-state index is -0.723. The van der Waals surface area contributed by atoms with Gasteiger partial charge in [0.15, 0.2) is 0 Å². The lowest BCUT2D eigenvalue weighted by Gasteiger charge is -2.01. The molecule has 1 aromatic carbocycles. The van der Waals surface area contributed by atoms with E-state index in [1.807, 2.05) is 0 Å². The lowest BCUT2D eigenvalue weighted by Crippen LogP contribution is -2.04. The number of nitrogens with zero attached hydrogens (tertiary/aromatic N) is 5. The van der Waals surface area contributed by atoms with Crippen molar-refractivity contribution in [2.45, 2.75) is 0 Å². The van der Waals surface area contributed by atoms with E-state index < -0.39 is 15.5 Å². The van der Waals surface area contributed by atoms with Gasteiger partial charge in [-0.1, -0.05) is 0 Å². The molecule has 11 heteroatoms. The van der Waals surface area contributed by atoms with Crippen molar-refractivity contribution in [3.8, 4) is 0 Å². The molecule has 3 N–H and O–H groups in total. The number of nitrogen functional groups attached to an aromatic ring is 1. The largest absolute Gasteiger partial charge is 0.378 e. The summed E-state index contributed by atoms with van der Waals surface area (Å²) in [6.07, 6.45) is 2.39. The number of hydrogen-bond donors (Lipinski definition) is 2. The van der Waals surface area contributed by atoms with Crippen molar-refractivity contribution in [3.05, 3.63) is 56.4 Å². The van der Waals surface area contributed by atoms with Gasteiger partial charge in [0.2, 0.25) is 11.6 Å². The molecule has 2 aromatic rings. The van der Waals surface area contributed by atoms with Gasteiger partial charge in [0.1, 0.15) is 6.33 Å². The Morgan fingerprint density at radius 1 is 1.14 bits per heavy atom. The number of nitro benzene ring substituents is 1. The maximum Gasteiger partial charge on any atom is 0.354 e. The summed E-state index contributed by atoms with van der Waals surface area (Å²) in [5.41, 5.74) is 7.81. The van der Waals surface area contributed by atoms with E-state index in [0.29, 0.717) is 5.56 Å². The van der Waals surface area contributed by atoms with Gasteiger partial charge in [-0.3, -0.25) is 25.7 Å². The molecule has 0 fully saturated rings. The Balaban J connectivity index is 2.14. The number of nitro groups is 2. The van der Waals surface area contributed by atoms with Gasteiger partial charge in [-0.2, -0.15) is 5.10 Å². The molecule has 0 amide bonds. The molecule has 1 heterocycles. The number of hydrazone groups is 1. The first-order valence-electron chi connectivity index (χ1n) is 5.77. The molecule has 0 atom stereocenters. The lowest BCUT2D eigenvalue weighted by molar-refractivity contribution is -0.384. The predicted octanol–water partition coefficient (Wildman–Crippen LogP) is 1.32. The lowest BCUT2D eigenvalue weighted by atomic mass is 10.2. The number of nitrogens with two attached hydrogens (primary N) is 1. The van der Waals surface area contributed by atoms with Gasteiger partial charge in [0.25, 0.3) is 5.69 Å². The molecule has 0 saturated heterocycles. The van der Waals surface area contributed by atoms with Gasteiger partial charge in [0, 0.05) is 12.1 Å². The molecule has 0 spiro atoms. The maximum absolute atomic E-state index is 10.9. The van der Waals surface area contributed by atoms with Crippen molar-refractivity contribution in [2.24, 2.45) is 5.10 Å². The summed E-state index contributed by atoms with van der Waals surface area (Å²) in [6.45, 7) is 0. The monoisotopic (exact) mass is 303 g/mol. The Kier molecular flexibility index (Phi) is 4.17. The fraction of sp³-hybridized carbons (Fsp3) is 0. The molecule has 0 radical (unpaired) electrons. The summed E-state index contributed by atoms with van der Waals surface area (Å²) in [5.74, 6) is -0.441. The van der Waals surface area contributed by atoms with Gasteiger partial charge >= 0.3 is 5.69 Å². The van der Waals surface area contributed by atoms with Crippen LogP contribution in [0.3, 0.4) is 0 Å². The van der Waals surface area contributed by atoms with E-state index in [-0.39, 0.29) is 17.3 Å². The van der Waals surface area contributed by atoms with Crippen LogP contribution < -0.4 is 11.2 Å². The Bertz CT molecular complexity index is 745. The average molecular weight is 303 g/mol. The molecule has 22 heavy (non-hydrogen) atoms. The highest BCUT2D eigenvalue weighted by molar-refractivity contribution is 5.81. The Hall–Kier alpha value is -3.63. The highest BCUT2D eigenvalue weighted by Gasteiger charge is 2.20. The van der Waals surface area contributed by atoms with Crippen LogP contribution in [0.2, 0.25) is 0 Å². The van der Waals surface area contributed by atoms with Gasteiger partial charge < -0.3 is 5.73 Å². The summed E-state index contributed by atoms with van der Waals surface area (Å²) >= 11 is 0. The van der Waals surface area contributed by atoms with Crippen LogP contribution in [0.1, 0.15) is 5.56 Å². The third-order valence-corrected chi connectivity index (χ3v) is 2.52. The quantitative estimate of drug-likeness (QED) is 0.474. The van der Waals surface area contributed by atoms with E-state index in [1.54, 1.807) is 0 Å². The molecule has 0 bridgehead atoms. The molecular weight excluding hydrogens is 294 g/mol. The number of non-ortho nitro benzene ring substituents is 1. The first-order valence-corrected chi connectivity index (χ1v) is 5.77. The van der Waals surface area contributed by atoms with E-state index in [2.05, 4.69) is 20.5 Å². The van der Waals surface area contributed by atoms with Crippen LogP contribution in [0.25, 0.3) is 0 Å². The molecule has 0 aliphatic carbocycles. The first-order chi connectivity index (χ1) is 10.5. The molecule has 1 aromatic heterocycles. The number of rotatable bonds is 5. The van der Waals surface area contributed by atoms with Gasteiger partial charge in [-0.25, -0.2) is 9.97 Å². The molecule has 0 saturated carbocycles. The summed E-state index contributed by atoms with van der Waals surface area (Å²) < 4.78 is 0. The van der Waals surface area contributed by atoms with Crippen LogP contribution in [-0.2, 0) is 0 Å². The highest BCUT2D eigenvalue weighted by atomic mass is 16.6. The summed E-state index contributed by atoms with van der Waals surface area (Å²) in [4.78, 5) is 27.3. The van der Waals surface area contributed by atoms with Crippen molar-refractivity contribution in [2.75, 3.05) is 11.2 Å². The summed E-state index contributed by atoms with van der Waals surface area (Å²) in [7, 11) is 0. The smallest absolute Gasteiger partial charge is 0.354 e. The van der Waals surface area contributed by atoms with Gasteiger partial charge in [-0.15, -0.1) is 0 Å². The molecule has 0 aliphatic rings. The maximum atomic E-state index is 10.9. The van der Waals surface area contributed by atoms with Crippen molar-refractivity contribution < 1.29 is 9.85 Å². The molecule has 0 aliphatic heterocycles. The van der Waals surface area contributed by atoms with Crippen molar-refractivity contribution in [1.29, 1.82) is 0 Å². The average Bonchev–Trinajstić information content (AvgIpc) is 2.47. The molecule has 2 rings (SSSR count). The number of benzene rings is 1. The van der Waals surface area contributed by atoms with Crippen molar-refractivity contribution in [3.63, 3.8) is 0 Å². The molecule has 0 unspecified atom stereocenters. The van der Waals surface area contributed by atoms with E-state index in [1.165, 1.54) is 30.5 Å². The second-order valence-corrected chi connectivity index (χ2v) is 3.93. The standard InChI is InChI=1S/C11H9N7O4/c12-10-9(18(21)22)11(14-6-13-10)16-15-5-7-1-3-8(4-2-7)17(19)20/h1-6H,(H3,12,13,14,16)/b15-5+. The normalized spacial score (nSPS) is 10.5. The zero-order valence-corrected chi connectivity index (χ0v) is 10.9. The van der Waals surface area contributed by atoms with Gasteiger partial charge in [-0.05, 0) is 17.7 Å². The van der Waals surface area contributed by atoms with E-state index in [4.69, 9.17) is 5.73 Å². The summed E-state index contributed by atoms with van der Waals surface area (Å²) in [6, 6.07) is 5.58. The minimum Gasteiger partial charge on any atom is -0.378 e. The fourth-order valence-electron chi connectivity index (χ4n) is 1.50. The first kappa shape index (κ1) is 14.8. The SMILES string of the molecule is Nc1ncnc(N/N=C/c2ccc([N+](=O)[O-])cc2)c1[N+](=O)[O-]. The van der Waals surface area contributed by atoms with Crippen LogP contribution in [0.15, 0.2) is 35.7 Å². The van der Waals surface area contributed by atoms with Crippen molar-refractivity contribution in [1.82, 2.24) is 9.97 Å². The third kappa shape index (κ3) is 3.27. The Labute approximate surface area is 122 Å². The highest BCUT2D eigenvalue weighted by Crippen LogP contribution is 2.26. The molecule has 112 valence electrons. The second kappa shape index (κ2) is 6.21. The van der Waals surface area contributed by atoms with Crippen LogP contribution >= 0.6 is 0 Å². The topological polar surface area (TPSA) is 162 Å². The van der Waals surface area contributed by atoms with E-state index >= 15 is 0 Å². The van der Waals surface area contributed by atoms with Crippen LogP contribution in [0.5, 0.6) is 0 Å². The number of hydrogen-bond acceptors (Lipinski definition) is 9. The zero-order chi connectivity index (χ0) is 16.1. The third-order valence-electron chi connectivity index (χ3n) is 2.52. The second-order valence-electron chi connectivity index (χ2n) is 3.93. The zero-order valence-electron chi connectivity index (χ0n) is 10.9. The summed E-state index contributed by atoms with van der Waals surface area (Å²) in [5, 5.41) is 25.2. The Morgan fingerprint density at radius 3 is 2.41 bits per heavy atom. The fourth-order valence-corrected chi connectivity index (χ4v) is 1.50. The van der Waals surface area contributed by atoms with Crippen LogP contribution in [0.4, 0.5) is 23.0 Å². The van der Waals surface area contributed by atoms with E-state index in [0.717, 1.165) is 6.33 Å². The number of anilines is 2. The molecule has 11 nitrogen and oxygen atoms in total. The van der Waals surface area contributed by atoms with E-state index in [9.17, 15) is 20.2 Å². The van der Waals surface area contributed by atoms with Gasteiger partial charge in [0.05, 0.1) is 16.1 Å². The number of nitrogens with one attached hydrogen (secondary N) is 1. The minimum absolute atomic E-state index is 0.0516. The number of aromatic nitrogens is 2. The molecular formula is C11H9N7O4. The van der Waals surface area contributed by atoms with Crippen LogP contribution in [-0.4, -0.2) is 26.0 Å².